The van der Waals surface area contributed by atoms with E-state index in [1.54, 1.807) is 0 Å². The van der Waals surface area contributed by atoms with Crippen molar-refractivity contribution in [2.45, 2.75) is 18.3 Å². The first-order valence-electron chi connectivity index (χ1n) is 6.24. The van der Waals surface area contributed by atoms with Gasteiger partial charge in [-0.1, -0.05) is 12.2 Å². The molecule has 17 heavy (non-hydrogen) atoms. The average Bonchev–Trinajstić information content (AvgIpc) is 3.00. The van der Waals surface area contributed by atoms with E-state index >= 15 is 0 Å². The molecule has 2 bridgehead atoms. The molecule has 0 aromatic rings. The average molecular weight is 346 g/mol. The molecule has 3 nitrogen and oxygen atoms in total. The van der Waals surface area contributed by atoms with Crippen LogP contribution >= 0.6 is 22.6 Å². The Morgan fingerprint density at radius 3 is 2.71 bits per heavy atom. The molecule has 5 atom stereocenters. The zero-order valence-corrected chi connectivity index (χ0v) is 11.5. The molecule has 92 valence electrons. The molecule has 2 fully saturated rings. The molecular formula is C13H15IO3. The van der Waals surface area contributed by atoms with Crippen molar-refractivity contribution in [3.63, 3.8) is 0 Å². The molecule has 0 radical (unpaired) electrons. The molecule has 3 aliphatic carbocycles. The normalized spacial score (nSPS) is 49.8. The lowest BCUT2D eigenvalue weighted by molar-refractivity contribution is -0.188. The largest absolute Gasteiger partial charge is 0.388 e. The highest BCUT2D eigenvalue weighted by Crippen LogP contribution is 2.59. The van der Waals surface area contributed by atoms with Crippen molar-refractivity contribution >= 4 is 22.6 Å². The van der Waals surface area contributed by atoms with Gasteiger partial charge in [-0.3, -0.25) is 0 Å². The summed E-state index contributed by atoms with van der Waals surface area (Å²) >= 11 is 2.23. The molecule has 1 spiro atoms. The van der Waals surface area contributed by atoms with Crippen LogP contribution < -0.4 is 0 Å². The van der Waals surface area contributed by atoms with Gasteiger partial charge in [-0.15, -0.1) is 0 Å². The predicted molar refractivity (Wildman–Crippen MR) is 70.5 cm³/mol. The van der Waals surface area contributed by atoms with Crippen molar-refractivity contribution < 1.29 is 14.6 Å². The summed E-state index contributed by atoms with van der Waals surface area (Å²) in [7, 11) is 0. The number of fused-ring (bicyclic) bond motifs is 6. The van der Waals surface area contributed by atoms with Gasteiger partial charge in [0.05, 0.1) is 19.3 Å². The van der Waals surface area contributed by atoms with E-state index < -0.39 is 5.79 Å². The second kappa shape index (κ2) is 3.56. The van der Waals surface area contributed by atoms with Crippen molar-refractivity contribution in [3.8, 4) is 0 Å². The van der Waals surface area contributed by atoms with Gasteiger partial charge >= 0.3 is 0 Å². The molecule has 0 aromatic carbocycles. The standard InChI is InChI=1S/C13H15IO3/c14-9-6-13(16-3-4-17-13)11-8-2-1-7(5-8)10(11)12(9)15/h1-2,6-8,10-12,15H,3-5H2/t7-,8+,10-,11+,12+/m1/s1. The number of ether oxygens (including phenoxy) is 2. The van der Waals surface area contributed by atoms with Crippen LogP contribution in [-0.2, 0) is 9.47 Å². The van der Waals surface area contributed by atoms with E-state index in [4.69, 9.17) is 9.47 Å². The van der Waals surface area contributed by atoms with Crippen LogP contribution in [0.2, 0.25) is 0 Å². The quantitative estimate of drug-likeness (QED) is 0.538. The van der Waals surface area contributed by atoms with Gasteiger partial charge in [0, 0.05) is 15.4 Å². The first-order chi connectivity index (χ1) is 8.21. The van der Waals surface area contributed by atoms with E-state index in [2.05, 4.69) is 34.7 Å². The Kier molecular flexibility index (Phi) is 2.29. The van der Waals surface area contributed by atoms with Gasteiger partial charge in [0.15, 0.2) is 5.79 Å². The van der Waals surface area contributed by atoms with Gasteiger partial charge in [0.1, 0.15) is 0 Å². The Morgan fingerprint density at radius 2 is 1.94 bits per heavy atom. The lowest BCUT2D eigenvalue weighted by Crippen LogP contribution is -2.50. The van der Waals surface area contributed by atoms with Crippen molar-refractivity contribution in [2.24, 2.45) is 23.7 Å². The number of rotatable bonds is 0. The zero-order valence-electron chi connectivity index (χ0n) is 9.38. The fourth-order valence-corrected chi connectivity index (χ4v) is 4.98. The summed E-state index contributed by atoms with van der Waals surface area (Å²) in [5.74, 6) is 1.04. The second-order valence-corrected chi connectivity index (χ2v) is 6.69. The minimum Gasteiger partial charge on any atom is -0.388 e. The number of halogens is 1. The van der Waals surface area contributed by atoms with E-state index in [0.29, 0.717) is 31.0 Å². The topological polar surface area (TPSA) is 38.7 Å². The van der Waals surface area contributed by atoms with Crippen molar-refractivity contribution in [1.29, 1.82) is 0 Å². The second-order valence-electron chi connectivity index (χ2n) is 5.44. The van der Waals surface area contributed by atoms with Crippen LogP contribution in [0.25, 0.3) is 0 Å². The van der Waals surface area contributed by atoms with E-state index in [-0.39, 0.29) is 12.0 Å². The third kappa shape index (κ3) is 1.33. The highest BCUT2D eigenvalue weighted by atomic mass is 127. The molecule has 1 aliphatic heterocycles. The minimum absolute atomic E-state index is 0.278. The lowest BCUT2D eigenvalue weighted by atomic mass is 9.71. The summed E-state index contributed by atoms with van der Waals surface area (Å²) in [6, 6.07) is 0. The first kappa shape index (κ1) is 11.0. The summed E-state index contributed by atoms with van der Waals surface area (Å²) in [5, 5.41) is 10.4. The number of aliphatic hydroxyl groups excluding tert-OH is 1. The maximum atomic E-state index is 10.4. The van der Waals surface area contributed by atoms with Crippen LogP contribution in [0.5, 0.6) is 0 Å². The molecule has 1 heterocycles. The highest BCUT2D eigenvalue weighted by molar-refractivity contribution is 14.1. The summed E-state index contributed by atoms with van der Waals surface area (Å²) in [6.07, 6.45) is 7.39. The van der Waals surface area contributed by atoms with Gasteiger partial charge in [-0.2, -0.15) is 0 Å². The molecule has 1 N–H and O–H groups in total. The van der Waals surface area contributed by atoms with Crippen LogP contribution in [0.15, 0.2) is 21.8 Å². The van der Waals surface area contributed by atoms with Gasteiger partial charge in [0.25, 0.3) is 0 Å². The fourth-order valence-electron chi connectivity index (χ4n) is 4.13. The summed E-state index contributed by atoms with van der Waals surface area (Å²) < 4.78 is 12.8. The highest BCUT2D eigenvalue weighted by Gasteiger charge is 2.61. The van der Waals surface area contributed by atoms with Crippen LogP contribution in [-0.4, -0.2) is 30.2 Å². The van der Waals surface area contributed by atoms with Crippen LogP contribution in [0.3, 0.4) is 0 Å². The number of hydrogen-bond donors (Lipinski definition) is 1. The Morgan fingerprint density at radius 1 is 1.24 bits per heavy atom. The SMILES string of the molecule is O[C@H]1C(I)=CC2(OCCO2)[C@@H]2[C@H]1[C@@H]1C=C[C@H]2C1. The van der Waals surface area contributed by atoms with Crippen LogP contribution in [0, 0.1) is 23.7 Å². The van der Waals surface area contributed by atoms with Gasteiger partial charge in [-0.05, 0) is 46.9 Å². The Hall–Kier alpha value is 0.0900. The summed E-state index contributed by atoms with van der Waals surface area (Å²) in [5.41, 5.74) is 0. The minimum atomic E-state index is -0.551. The molecule has 0 unspecified atom stereocenters. The van der Waals surface area contributed by atoms with Crippen LogP contribution in [0.4, 0.5) is 0 Å². The zero-order chi connectivity index (χ0) is 11.6. The predicted octanol–water partition coefficient (Wildman–Crippen LogP) is 1.86. The maximum Gasteiger partial charge on any atom is 0.192 e. The Labute approximate surface area is 114 Å². The van der Waals surface area contributed by atoms with E-state index in [1.165, 1.54) is 0 Å². The maximum absolute atomic E-state index is 10.4. The fraction of sp³-hybridized carbons (Fsp3) is 0.692. The van der Waals surface area contributed by atoms with Gasteiger partial charge < -0.3 is 14.6 Å². The number of aliphatic hydroxyl groups is 1. The number of allylic oxidation sites excluding steroid dienone is 2. The third-order valence-electron chi connectivity index (χ3n) is 4.71. The number of hydrogen-bond acceptors (Lipinski definition) is 3. The molecule has 1 saturated heterocycles. The van der Waals surface area contributed by atoms with Crippen LogP contribution in [0.1, 0.15) is 6.42 Å². The van der Waals surface area contributed by atoms with E-state index in [0.717, 1.165) is 10.0 Å². The summed E-state index contributed by atoms with van der Waals surface area (Å²) in [6.45, 7) is 1.33. The summed E-state index contributed by atoms with van der Waals surface area (Å²) in [4.78, 5) is 0. The molecule has 1 saturated carbocycles. The monoisotopic (exact) mass is 346 g/mol. The van der Waals surface area contributed by atoms with Crippen molar-refractivity contribution in [3.05, 3.63) is 21.8 Å². The molecule has 0 aromatic heterocycles. The van der Waals surface area contributed by atoms with Gasteiger partial charge in [-0.25, -0.2) is 0 Å². The lowest BCUT2D eigenvalue weighted by Gasteiger charge is -2.44. The molecule has 4 heteroatoms. The van der Waals surface area contributed by atoms with E-state index in [1.807, 2.05) is 6.08 Å². The Bertz CT molecular complexity index is 411. The van der Waals surface area contributed by atoms with E-state index in [9.17, 15) is 5.11 Å². The Balaban J connectivity index is 1.83. The molecular weight excluding hydrogens is 331 g/mol. The third-order valence-corrected chi connectivity index (χ3v) is 5.66. The molecule has 4 rings (SSSR count). The molecule has 0 amide bonds. The molecule has 4 aliphatic rings. The van der Waals surface area contributed by atoms with Crippen molar-refractivity contribution in [2.75, 3.05) is 13.2 Å². The first-order valence-corrected chi connectivity index (χ1v) is 7.32. The van der Waals surface area contributed by atoms with Crippen molar-refractivity contribution in [1.82, 2.24) is 0 Å². The smallest absolute Gasteiger partial charge is 0.192 e. The van der Waals surface area contributed by atoms with Gasteiger partial charge in [0.2, 0.25) is 0 Å².